The number of unbranched alkanes of at least 4 members (excludes halogenated alkanes) is 1. The number of aryl methyl sites for hydroxylation is 1. The van der Waals surface area contributed by atoms with Crippen molar-refractivity contribution in [1.29, 1.82) is 0 Å². The van der Waals surface area contributed by atoms with Crippen LogP contribution in [0, 0.1) is 0 Å². The second-order valence-electron chi connectivity index (χ2n) is 5.98. The highest BCUT2D eigenvalue weighted by Gasteiger charge is 2.18. The summed E-state index contributed by atoms with van der Waals surface area (Å²) in [4.78, 5) is 6.58. The van der Waals surface area contributed by atoms with E-state index in [1.54, 1.807) is 0 Å². The normalized spacial score (nSPS) is 12.7. The molecular formula is C14H28N4. The average Bonchev–Trinajstić information content (AvgIpc) is 2.71. The van der Waals surface area contributed by atoms with Crippen molar-refractivity contribution in [2.45, 2.75) is 58.7 Å². The lowest BCUT2D eigenvalue weighted by molar-refractivity contribution is 0.266. The number of aromatic nitrogens is 2. The maximum absolute atomic E-state index is 6.13. The molecule has 0 radical (unpaired) electrons. The molecule has 0 aliphatic carbocycles. The van der Waals surface area contributed by atoms with Gasteiger partial charge in [0.05, 0.1) is 17.6 Å². The van der Waals surface area contributed by atoms with Crippen molar-refractivity contribution in [3.05, 3.63) is 18.2 Å². The molecule has 0 unspecified atom stereocenters. The van der Waals surface area contributed by atoms with Gasteiger partial charge in [-0.1, -0.05) is 0 Å². The topological polar surface area (TPSA) is 47.1 Å². The molecule has 18 heavy (non-hydrogen) atoms. The van der Waals surface area contributed by atoms with Crippen molar-refractivity contribution < 1.29 is 0 Å². The molecule has 0 saturated heterocycles. The molecule has 0 atom stereocenters. The molecule has 4 heteroatoms. The fourth-order valence-electron chi connectivity index (χ4n) is 1.94. The van der Waals surface area contributed by atoms with Crippen LogP contribution in [0.15, 0.2) is 12.5 Å². The van der Waals surface area contributed by atoms with E-state index in [0.29, 0.717) is 6.04 Å². The average molecular weight is 252 g/mol. The summed E-state index contributed by atoms with van der Waals surface area (Å²) in [6.45, 7) is 10.6. The van der Waals surface area contributed by atoms with Gasteiger partial charge in [0.1, 0.15) is 0 Å². The van der Waals surface area contributed by atoms with E-state index in [2.05, 4.69) is 35.3 Å². The summed E-state index contributed by atoms with van der Waals surface area (Å²) < 4.78 is 2.18. The van der Waals surface area contributed by atoms with Crippen LogP contribution in [-0.4, -0.2) is 34.1 Å². The highest BCUT2D eigenvalue weighted by Crippen LogP contribution is 2.16. The van der Waals surface area contributed by atoms with E-state index < -0.39 is 0 Å². The van der Waals surface area contributed by atoms with E-state index >= 15 is 0 Å². The van der Waals surface area contributed by atoms with Gasteiger partial charge >= 0.3 is 0 Å². The Morgan fingerprint density at radius 2 is 2.06 bits per heavy atom. The Morgan fingerprint density at radius 1 is 1.39 bits per heavy atom. The Kier molecular flexibility index (Phi) is 5.35. The summed E-state index contributed by atoms with van der Waals surface area (Å²) in [6.07, 6.45) is 6.13. The molecule has 104 valence electrons. The molecule has 0 aromatic carbocycles. The summed E-state index contributed by atoms with van der Waals surface area (Å²) in [5.41, 5.74) is 6.92. The minimum atomic E-state index is -0.314. The Hall–Kier alpha value is -0.870. The number of hydrogen-bond acceptors (Lipinski definition) is 3. The monoisotopic (exact) mass is 252 g/mol. The van der Waals surface area contributed by atoms with E-state index in [1.807, 2.05) is 26.4 Å². The molecule has 1 aromatic heterocycles. The van der Waals surface area contributed by atoms with Crippen LogP contribution in [0.1, 0.15) is 46.2 Å². The van der Waals surface area contributed by atoms with Crippen molar-refractivity contribution in [3.8, 4) is 0 Å². The standard InChI is InChI=1S/C14H28N4/c1-12(2)17(5)8-6-7-9-18-11-16-10-13(18)14(3,4)15/h10-12H,6-9,15H2,1-5H3. The largest absolute Gasteiger partial charge is 0.333 e. The molecule has 0 spiro atoms. The van der Waals surface area contributed by atoms with Gasteiger partial charge in [0.15, 0.2) is 0 Å². The molecule has 0 aliphatic heterocycles. The van der Waals surface area contributed by atoms with E-state index in [4.69, 9.17) is 5.73 Å². The molecular weight excluding hydrogens is 224 g/mol. The second kappa shape index (κ2) is 6.34. The lowest BCUT2D eigenvalue weighted by Gasteiger charge is -2.22. The molecule has 4 nitrogen and oxygen atoms in total. The molecule has 0 amide bonds. The lowest BCUT2D eigenvalue weighted by atomic mass is 10.0. The van der Waals surface area contributed by atoms with E-state index in [9.17, 15) is 0 Å². The maximum atomic E-state index is 6.13. The summed E-state index contributed by atoms with van der Waals surface area (Å²) >= 11 is 0. The van der Waals surface area contributed by atoms with Crippen molar-refractivity contribution in [3.63, 3.8) is 0 Å². The van der Waals surface area contributed by atoms with Crippen LogP contribution >= 0.6 is 0 Å². The minimum Gasteiger partial charge on any atom is -0.333 e. The van der Waals surface area contributed by atoms with Gasteiger partial charge in [0, 0.05) is 18.8 Å². The molecule has 1 heterocycles. The predicted molar refractivity (Wildman–Crippen MR) is 76.4 cm³/mol. The quantitative estimate of drug-likeness (QED) is 0.757. The molecule has 0 saturated carbocycles. The summed E-state index contributed by atoms with van der Waals surface area (Å²) in [6, 6.07) is 0.622. The van der Waals surface area contributed by atoms with Crippen molar-refractivity contribution in [1.82, 2.24) is 14.5 Å². The molecule has 0 bridgehead atoms. The third-order valence-corrected chi connectivity index (χ3v) is 3.41. The zero-order valence-electron chi connectivity index (χ0n) is 12.5. The zero-order valence-corrected chi connectivity index (χ0v) is 12.5. The Bertz CT molecular complexity index is 349. The fraction of sp³-hybridized carbons (Fsp3) is 0.786. The lowest BCUT2D eigenvalue weighted by Crippen LogP contribution is -2.31. The van der Waals surface area contributed by atoms with Gasteiger partial charge in [-0.15, -0.1) is 0 Å². The Morgan fingerprint density at radius 3 is 2.61 bits per heavy atom. The van der Waals surface area contributed by atoms with Gasteiger partial charge in [0.2, 0.25) is 0 Å². The van der Waals surface area contributed by atoms with Crippen LogP contribution in [-0.2, 0) is 12.1 Å². The van der Waals surface area contributed by atoms with Crippen LogP contribution in [0.5, 0.6) is 0 Å². The van der Waals surface area contributed by atoms with Crippen molar-refractivity contribution in [2.75, 3.05) is 13.6 Å². The maximum Gasteiger partial charge on any atom is 0.0948 e. The third kappa shape index (κ3) is 4.42. The number of hydrogen-bond donors (Lipinski definition) is 1. The third-order valence-electron chi connectivity index (χ3n) is 3.41. The first-order valence-corrected chi connectivity index (χ1v) is 6.82. The first-order valence-electron chi connectivity index (χ1n) is 6.82. The molecule has 0 fully saturated rings. The van der Waals surface area contributed by atoms with Crippen LogP contribution in [0.3, 0.4) is 0 Å². The van der Waals surface area contributed by atoms with Gasteiger partial charge in [-0.2, -0.15) is 0 Å². The second-order valence-corrected chi connectivity index (χ2v) is 5.98. The van der Waals surface area contributed by atoms with Gasteiger partial charge in [-0.05, 0) is 54.1 Å². The molecule has 1 rings (SSSR count). The van der Waals surface area contributed by atoms with Gasteiger partial charge < -0.3 is 15.2 Å². The first-order chi connectivity index (χ1) is 8.32. The van der Waals surface area contributed by atoms with Crippen molar-refractivity contribution in [2.24, 2.45) is 5.73 Å². The molecule has 2 N–H and O–H groups in total. The van der Waals surface area contributed by atoms with Gasteiger partial charge in [-0.25, -0.2) is 4.98 Å². The van der Waals surface area contributed by atoms with Crippen LogP contribution in [0.2, 0.25) is 0 Å². The Balaban J connectivity index is 2.39. The van der Waals surface area contributed by atoms with Crippen molar-refractivity contribution >= 4 is 0 Å². The van der Waals surface area contributed by atoms with Gasteiger partial charge in [-0.3, -0.25) is 0 Å². The SMILES string of the molecule is CC(C)N(C)CCCCn1cncc1C(C)(C)N. The Labute approximate surface area is 111 Å². The summed E-state index contributed by atoms with van der Waals surface area (Å²) in [5.74, 6) is 0. The highest BCUT2D eigenvalue weighted by atomic mass is 15.1. The number of nitrogens with zero attached hydrogens (tertiary/aromatic N) is 3. The summed E-state index contributed by atoms with van der Waals surface area (Å²) in [5, 5.41) is 0. The molecule has 1 aromatic rings. The predicted octanol–water partition coefficient (Wildman–Crippen LogP) is 2.20. The minimum absolute atomic E-state index is 0.314. The number of nitrogens with two attached hydrogens (primary N) is 1. The van der Waals surface area contributed by atoms with E-state index in [1.165, 1.54) is 6.42 Å². The van der Waals surface area contributed by atoms with Gasteiger partial charge in [0.25, 0.3) is 0 Å². The van der Waals surface area contributed by atoms with Crippen LogP contribution in [0.4, 0.5) is 0 Å². The highest BCUT2D eigenvalue weighted by molar-refractivity contribution is 5.09. The van der Waals surface area contributed by atoms with Crippen LogP contribution in [0.25, 0.3) is 0 Å². The first kappa shape index (κ1) is 15.2. The van der Waals surface area contributed by atoms with E-state index in [-0.39, 0.29) is 5.54 Å². The number of imidazole rings is 1. The number of rotatable bonds is 7. The van der Waals surface area contributed by atoms with Crippen LogP contribution < -0.4 is 5.73 Å². The molecule has 0 aliphatic rings. The zero-order chi connectivity index (χ0) is 13.8. The fourth-order valence-corrected chi connectivity index (χ4v) is 1.94. The van der Waals surface area contributed by atoms with E-state index in [0.717, 1.165) is 25.2 Å². The summed E-state index contributed by atoms with van der Waals surface area (Å²) in [7, 11) is 2.18. The smallest absolute Gasteiger partial charge is 0.0948 e.